The Morgan fingerprint density at radius 3 is 2.27 bits per heavy atom. The van der Waals surface area contributed by atoms with Crippen molar-refractivity contribution in [2.45, 2.75) is 6.42 Å². The molecule has 0 bridgehead atoms. The Hall–Kier alpha value is -3.43. The summed E-state index contributed by atoms with van der Waals surface area (Å²) in [5.41, 5.74) is 6.41. The van der Waals surface area contributed by atoms with Crippen LogP contribution in [0.1, 0.15) is 12.0 Å². The van der Waals surface area contributed by atoms with Crippen molar-refractivity contribution in [2.24, 2.45) is 5.73 Å². The molecule has 3 amide bonds. The van der Waals surface area contributed by atoms with Crippen LogP contribution in [-0.2, 0) is 19.2 Å². The Morgan fingerprint density at radius 1 is 1.12 bits per heavy atom. The van der Waals surface area contributed by atoms with Gasteiger partial charge >= 0.3 is 5.97 Å². The number of amidine groups is 1. The van der Waals surface area contributed by atoms with Crippen LogP contribution in [-0.4, -0.2) is 70.6 Å². The van der Waals surface area contributed by atoms with E-state index < -0.39 is 24.3 Å². The first kappa shape index (κ1) is 18.9. The number of hydrogen-bond donors (Lipinski definition) is 4. The zero-order chi connectivity index (χ0) is 19.3. The van der Waals surface area contributed by atoms with Crippen molar-refractivity contribution in [2.75, 3.05) is 31.5 Å². The summed E-state index contributed by atoms with van der Waals surface area (Å²) in [5.74, 6) is -2.46. The lowest BCUT2D eigenvalue weighted by molar-refractivity contribution is -0.154. The molecule has 0 atom stereocenters. The van der Waals surface area contributed by atoms with Crippen LogP contribution in [0.15, 0.2) is 24.3 Å². The molecule has 0 spiro atoms. The van der Waals surface area contributed by atoms with E-state index in [0.717, 1.165) is 4.90 Å². The highest BCUT2D eigenvalue weighted by Gasteiger charge is 2.30. The molecule has 1 aromatic carbocycles. The minimum atomic E-state index is -1.19. The number of carbonyl (C=O) groups is 4. The van der Waals surface area contributed by atoms with Crippen molar-refractivity contribution in [3.63, 3.8) is 0 Å². The van der Waals surface area contributed by atoms with E-state index in [1.165, 1.54) is 4.90 Å². The zero-order valence-corrected chi connectivity index (χ0v) is 13.9. The lowest BCUT2D eigenvalue weighted by Crippen LogP contribution is -2.55. The summed E-state index contributed by atoms with van der Waals surface area (Å²) < 4.78 is 0. The smallest absolute Gasteiger partial charge is 0.323 e. The van der Waals surface area contributed by atoms with Gasteiger partial charge in [-0.05, 0) is 24.3 Å². The number of hydrogen-bond acceptors (Lipinski definition) is 5. The van der Waals surface area contributed by atoms with Gasteiger partial charge in [0.1, 0.15) is 18.9 Å². The third-order valence-electron chi connectivity index (χ3n) is 3.77. The largest absolute Gasteiger partial charge is 0.480 e. The monoisotopic (exact) mass is 361 g/mol. The number of anilines is 1. The molecule has 10 nitrogen and oxygen atoms in total. The van der Waals surface area contributed by atoms with Gasteiger partial charge < -0.3 is 26.0 Å². The highest BCUT2D eigenvalue weighted by Crippen LogP contribution is 2.10. The standard InChI is InChI=1S/C16H19N5O5/c17-16(18)10-1-3-11(4-2-10)19-12(22)5-6-20-7-14(24)21(8-13(20)23)9-15(25)26/h1-4H,5-9H2,(H3,17,18)(H,19,22)(H,25,26). The minimum Gasteiger partial charge on any atom is -0.480 e. The number of amides is 3. The maximum atomic E-state index is 12.0. The molecule has 2 rings (SSSR count). The van der Waals surface area contributed by atoms with Crippen LogP contribution in [0.5, 0.6) is 0 Å². The molecule has 26 heavy (non-hydrogen) atoms. The lowest BCUT2D eigenvalue weighted by Gasteiger charge is -2.32. The third kappa shape index (κ3) is 5.03. The van der Waals surface area contributed by atoms with Gasteiger partial charge in [0.05, 0.1) is 6.54 Å². The van der Waals surface area contributed by atoms with Crippen molar-refractivity contribution in [1.29, 1.82) is 5.41 Å². The van der Waals surface area contributed by atoms with Crippen LogP contribution >= 0.6 is 0 Å². The van der Waals surface area contributed by atoms with Crippen LogP contribution in [0.4, 0.5) is 5.69 Å². The number of carboxylic acids is 1. The summed E-state index contributed by atoms with van der Waals surface area (Å²) >= 11 is 0. The van der Waals surface area contributed by atoms with E-state index in [0.29, 0.717) is 11.3 Å². The van der Waals surface area contributed by atoms with Gasteiger partial charge in [0.2, 0.25) is 17.7 Å². The second-order valence-electron chi connectivity index (χ2n) is 5.75. The number of rotatable bonds is 7. The third-order valence-corrected chi connectivity index (χ3v) is 3.77. The molecule has 1 fully saturated rings. The van der Waals surface area contributed by atoms with E-state index in [1.807, 2.05) is 0 Å². The molecule has 1 heterocycles. The summed E-state index contributed by atoms with van der Waals surface area (Å²) in [6.07, 6.45) is -0.00753. The molecule has 1 aliphatic rings. The predicted molar refractivity (Wildman–Crippen MR) is 91.5 cm³/mol. The predicted octanol–water partition coefficient (Wildman–Crippen LogP) is -0.945. The fourth-order valence-electron chi connectivity index (χ4n) is 2.41. The average molecular weight is 361 g/mol. The van der Waals surface area contributed by atoms with Gasteiger partial charge in [-0.3, -0.25) is 24.6 Å². The van der Waals surface area contributed by atoms with Gasteiger partial charge in [0.25, 0.3) is 0 Å². The SMILES string of the molecule is N=C(N)c1ccc(NC(=O)CCN2CC(=O)N(CC(=O)O)CC2=O)cc1. The number of carboxylic acid groups (broad SMARTS) is 1. The average Bonchev–Trinajstić information content (AvgIpc) is 2.56. The molecule has 0 aromatic heterocycles. The summed E-state index contributed by atoms with van der Waals surface area (Å²) in [7, 11) is 0. The van der Waals surface area contributed by atoms with E-state index in [9.17, 15) is 19.2 Å². The van der Waals surface area contributed by atoms with Gasteiger partial charge in [-0.2, -0.15) is 0 Å². The van der Waals surface area contributed by atoms with Crippen molar-refractivity contribution >= 4 is 35.2 Å². The molecule has 0 radical (unpaired) electrons. The van der Waals surface area contributed by atoms with E-state index in [2.05, 4.69) is 5.32 Å². The van der Waals surface area contributed by atoms with Crippen LogP contribution in [0.3, 0.4) is 0 Å². The first-order chi connectivity index (χ1) is 12.3. The number of piperazine rings is 1. The molecule has 0 aliphatic carbocycles. The molecule has 5 N–H and O–H groups in total. The minimum absolute atomic E-state index is 0.00753. The maximum Gasteiger partial charge on any atom is 0.323 e. The Morgan fingerprint density at radius 2 is 1.69 bits per heavy atom. The number of nitrogens with one attached hydrogen (secondary N) is 2. The number of nitrogens with zero attached hydrogens (tertiary/aromatic N) is 2. The normalized spacial score (nSPS) is 14.3. The Labute approximate surface area is 149 Å². The van der Waals surface area contributed by atoms with Crippen LogP contribution < -0.4 is 11.1 Å². The fourth-order valence-corrected chi connectivity index (χ4v) is 2.41. The quantitative estimate of drug-likeness (QED) is 0.362. The zero-order valence-electron chi connectivity index (χ0n) is 13.9. The Kier molecular flexibility index (Phi) is 5.89. The number of benzene rings is 1. The number of nitrogens with two attached hydrogens (primary N) is 1. The van der Waals surface area contributed by atoms with E-state index in [-0.39, 0.29) is 37.8 Å². The molecule has 138 valence electrons. The fraction of sp³-hybridized carbons (Fsp3) is 0.312. The van der Waals surface area contributed by atoms with Gasteiger partial charge in [-0.25, -0.2) is 0 Å². The molecule has 0 saturated carbocycles. The molecule has 0 unspecified atom stereocenters. The molecular weight excluding hydrogens is 342 g/mol. The van der Waals surface area contributed by atoms with Gasteiger partial charge in [-0.1, -0.05) is 0 Å². The van der Waals surface area contributed by atoms with E-state index in [4.69, 9.17) is 16.2 Å². The summed E-state index contributed by atoms with van der Waals surface area (Å²) in [6, 6.07) is 6.41. The Balaban J connectivity index is 1.83. The maximum absolute atomic E-state index is 12.0. The lowest BCUT2D eigenvalue weighted by atomic mass is 10.2. The molecule has 1 aromatic rings. The summed E-state index contributed by atoms with van der Waals surface area (Å²) in [4.78, 5) is 48.7. The van der Waals surface area contributed by atoms with Gasteiger partial charge in [0.15, 0.2) is 0 Å². The second-order valence-corrected chi connectivity index (χ2v) is 5.75. The van der Waals surface area contributed by atoms with Crippen molar-refractivity contribution < 1.29 is 24.3 Å². The topological polar surface area (TPSA) is 157 Å². The first-order valence-corrected chi connectivity index (χ1v) is 7.78. The molecular formula is C16H19N5O5. The van der Waals surface area contributed by atoms with Gasteiger partial charge in [-0.15, -0.1) is 0 Å². The van der Waals surface area contributed by atoms with Crippen LogP contribution in [0.25, 0.3) is 0 Å². The van der Waals surface area contributed by atoms with E-state index >= 15 is 0 Å². The van der Waals surface area contributed by atoms with Crippen molar-refractivity contribution in [1.82, 2.24) is 9.80 Å². The highest BCUT2D eigenvalue weighted by atomic mass is 16.4. The van der Waals surface area contributed by atoms with Crippen LogP contribution in [0.2, 0.25) is 0 Å². The van der Waals surface area contributed by atoms with Crippen LogP contribution in [0, 0.1) is 5.41 Å². The van der Waals surface area contributed by atoms with Crippen molar-refractivity contribution in [3.8, 4) is 0 Å². The van der Waals surface area contributed by atoms with Crippen molar-refractivity contribution in [3.05, 3.63) is 29.8 Å². The first-order valence-electron chi connectivity index (χ1n) is 7.78. The summed E-state index contributed by atoms with van der Waals surface area (Å²) in [6.45, 7) is -1.01. The number of carbonyl (C=O) groups excluding carboxylic acids is 3. The Bertz CT molecular complexity index is 746. The number of nitrogen functional groups attached to an aromatic ring is 1. The summed E-state index contributed by atoms with van der Waals surface area (Å²) in [5, 5.41) is 18.7. The molecule has 1 saturated heterocycles. The van der Waals surface area contributed by atoms with Gasteiger partial charge in [0, 0.05) is 24.2 Å². The molecule has 1 aliphatic heterocycles. The number of aliphatic carboxylic acids is 1. The highest BCUT2D eigenvalue weighted by molar-refractivity contribution is 5.97. The second kappa shape index (κ2) is 8.10. The van der Waals surface area contributed by atoms with E-state index in [1.54, 1.807) is 24.3 Å². The molecule has 10 heteroatoms.